The summed E-state index contributed by atoms with van der Waals surface area (Å²) in [5, 5.41) is 0. The molecule has 0 fully saturated rings. The Bertz CT molecular complexity index is 1020. The summed E-state index contributed by atoms with van der Waals surface area (Å²) in [6, 6.07) is 12.6. The van der Waals surface area contributed by atoms with Crippen LogP contribution >= 0.6 is 0 Å². The van der Waals surface area contributed by atoms with Gasteiger partial charge >= 0.3 is 0 Å². The quantitative estimate of drug-likeness (QED) is 0.768. The number of carbonyl (C=O) groups is 1. The van der Waals surface area contributed by atoms with Gasteiger partial charge in [0.05, 0.1) is 11.4 Å². The first-order chi connectivity index (χ1) is 13.4. The Labute approximate surface area is 164 Å². The van der Waals surface area contributed by atoms with Crippen molar-refractivity contribution in [2.24, 2.45) is 0 Å². The second kappa shape index (κ2) is 7.01. The molecule has 2 aliphatic rings. The van der Waals surface area contributed by atoms with Crippen LogP contribution in [0.1, 0.15) is 19.4 Å². The summed E-state index contributed by atoms with van der Waals surface area (Å²) in [6.07, 6.45) is 0.756. The number of para-hydroxylation sites is 1. The summed E-state index contributed by atoms with van der Waals surface area (Å²) >= 11 is 0. The molecule has 4 rings (SSSR count). The second-order valence-electron chi connectivity index (χ2n) is 6.89. The van der Waals surface area contributed by atoms with Crippen LogP contribution in [0.3, 0.4) is 0 Å². The molecule has 7 nitrogen and oxygen atoms in total. The molecule has 0 saturated heterocycles. The first kappa shape index (κ1) is 18.6. The van der Waals surface area contributed by atoms with E-state index in [1.165, 1.54) is 0 Å². The molecular weight excluding hydrogens is 380 g/mol. The van der Waals surface area contributed by atoms with Gasteiger partial charge in [0.15, 0.2) is 11.5 Å². The lowest BCUT2D eigenvalue weighted by Crippen LogP contribution is -2.45. The predicted molar refractivity (Wildman–Crippen MR) is 106 cm³/mol. The van der Waals surface area contributed by atoms with Crippen LogP contribution in [0.15, 0.2) is 42.5 Å². The van der Waals surface area contributed by atoms with Crippen LogP contribution in [-0.4, -0.2) is 39.5 Å². The lowest BCUT2D eigenvalue weighted by Gasteiger charge is -2.28. The third-order valence-corrected chi connectivity index (χ3v) is 6.84. The van der Waals surface area contributed by atoms with Crippen molar-refractivity contribution < 1.29 is 22.7 Å². The minimum atomic E-state index is -3.66. The Morgan fingerprint density at radius 2 is 1.93 bits per heavy atom. The van der Waals surface area contributed by atoms with E-state index in [-0.39, 0.29) is 31.0 Å². The molecule has 28 heavy (non-hydrogen) atoms. The summed E-state index contributed by atoms with van der Waals surface area (Å²) in [5.41, 5.74) is 2.33. The first-order valence-corrected chi connectivity index (χ1v) is 10.8. The van der Waals surface area contributed by atoms with Gasteiger partial charge in [-0.05, 0) is 44.0 Å². The normalized spacial score (nSPS) is 17.5. The van der Waals surface area contributed by atoms with Crippen molar-refractivity contribution >= 4 is 27.3 Å². The summed E-state index contributed by atoms with van der Waals surface area (Å²) in [6.45, 7) is 3.36. The molecule has 148 valence electrons. The zero-order chi connectivity index (χ0) is 19.9. The molecule has 1 unspecified atom stereocenters. The highest BCUT2D eigenvalue weighted by Crippen LogP contribution is 2.37. The molecule has 1 atom stereocenters. The van der Waals surface area contributed by atoms with Crippen molar-refractivity contribution in [3.63, 3.8) is 0 Å². The molecule has 2 aromatic rings. The number of hydrogen-bond donors (Lipinski definition) is 0. The molecule has 0 aromatic heterocycles. The Hall–Kier alpha value is -2.74. The Morgan fingerprint density at radius 1 is 1.18 bits per heavy atom. The molecule has 1 amide bonds. The Balaban J connectivity index is 1.66. The lowest BCUT2D eigenvalue weighted by atomic mass is 10.1. The van der Waals surface area contributed by atoms with Gasteiger partial charge in [-0.3, -0.25) is 9.10 Å². The fourth-order valence-corrected chi connectivity index (χ4v) is 4.74. The topological polar surface area (TPSA) is 76.2 Å². The Kier molecular flexibility index (Phi) is 4.66. The molecule has 0 N–H and O–H groups in total. The monoisotopic (exact) mass is 402 g/mol. The van der Waals surface area contributed by atoms with Crippen molar-refractivity contribution in [1.29, 1.82) is 0 Å². The minimum Gasteiger partial charge on any atom is -0.454 e. The number of fused-ring (bicyclic) bond motifs is 2. The van der Waals surface area contributed by atoms with E-state index < -0.39 is 10.0 Å². The van der Waals surface area contributed by atoms with Crippen LogP contribution in [-0.2, 0) is 21.2 Å². The maximum Gasteiger partial charge on any atom is 0.248 e. The van der Waals surface area contributed by atoms with Crippen molar-refractivity contribution in [3.05, 3.63) is 48.0 Å². The van der Waals surface area contributed by atoms with Crippen LogP contribution in [0.4, 0.5) is 11.4 Å². The molecule has 0 saturated carbocycles. The summed E-state index contributed by atoms with van der Waals surface area (Å²) in [7, 11) is -3.66. The average molecular weight is 402 g/mol. The predicted octanol–water partition coefficient (Wildman–Crippen LogP) is 2.55. The lowest BCUT2D eigenvalue weighted by molar-refractivity contribution is -0.117. The van der Waals surface area contributed by atoms with Crippen LogP contribution in [0, 0.1) is 0 Å². The summed E-state index contributed by atoms with van der Waals surface area (Å²) in [5.74, 6) is 0.667. The van der Waals surface area contributed by atoms with E-state index in [2.05, 4.69) is 0 Å². The van der Waals surface area contributed by atoms with E-state index >= 15 is 0 Å². The third kappa shape index (κ3) is 3.17. The minimum absolute atomic E-state index is 0.0205. The van der Waals surface area contributed by atoms with Gasteiger partial charge in [0.1, 0.15) is 6.54 Å². The molecule has 2 heterocycles. The van der Waals surface area contributed by atoms with E-state index in [0.717, 1.165) is 22.0 Å². The van der Waals surface area contributed by atoms with Gasteiger partial charge in [0, 0.05) is 17.8 Å². The van der Waals surface area contributed by atoms with Crippen molar-refractivity contribution in [3.8, 4) is 11.5 Å². The smallest absolute Gasteiger partial charge is 0.248 e. The molecule has 0 radical (unpaired) electrons. The van der Waals surface area contributed by atoms with Crippen LogP contribution < -0.4 is 18.7 Å². The Morgan fingerprint density at radius 3 is 2.71 bits per heavy atom. The fraction of sp³-hybridized carbons (Fsp3) is 0.350. The SMILES string of the molecule is CCS(=O)(=O)N(CC(=O)N1c2ccccc2CC1C)c1ccc2c(c1)OCO2. The third-order valence-electron chi connectivity index (χ3n) is 5.10. The van der Waals surface area contributed by atoms with Gasteiger partial charge in [0.25, 0.3) is 0 Å². The molecule has 0 bridgehead atoms. The van der Waals surface area contributed by atoms with Crippen LogP contribution in [0.2, 0.25) is 0 Å². The van der Waals surface area contributed by atoms with Crippen molar-refractivity contribution in [2.45, 2.75) is 26.3 Å². The van der Waals surface area contributed by atoms with E-state index in [1.54, 1.807) is 30.0 Å². The van der Waals surface area contributed by atoms with Crippen LogP contribution in [0.5, 0.6) is 11.5 Å². The highest BCUT2D eigenvalue weighted by atomic mass is 32.2. The standard InChI is InChI=1S/C20H22N2O5S/c1-3-28(24,25)21(16-8-9-18-19(11-16)27-13-26-18)12-20(23)22-14(2)10-15-6-4-5-7-17(15)22/h4-9,11,14H,3,10,12-13H2,1-2H3. The fourth-order valence-electron chi connectivity index (χ4n) is 3.69. The van der Waals surface area contributed by atoms with Crippen molar-refractivity contribution in [1.82, 2.24) is 0 Å². The number of nitrogens with zero attached hydrogens (tertiary/aromatic N) is 2. The number of amides is 1. The molecule has 8 heteroatoms. The number of anilines is 2. The maximum absolute atomic E-state index is 13.2. The van der Waals surface area contributed by atoms with Gasteiger partial charge < -0.3 is 14.4 Å². The second-order valence-corrected chi connectivity index (χ2v) is 9.07. The summed E-state index contributed by atoms with van der Waals surface area (Å²) < 4.78 is 37.3. The molecule has 0 spiro atoms. The zero-order valence-electron chi connectivity index (χ0n) is 15.8. The molecule has 0 aliphatic carbocycles. The highest BCUT2D eigenvalue weighted by Gasteiger charge is 2.34. The number of ether oxygens (including phenoxy) is 2. The first-order valence-electron chi connectivity index (χ1n) is 9.20. The van der Waals surface area contributed by atoms with Gasteiger partial charge in [-0.2, -0.15) is 0 Å². The molecule has 2 aromatic carbocycles. The van der Waals surface area contributed by atoms with E-state index in [9.17, 15) is 13.2 Å². The van der Waals surface area contributed by atoms with Gasteiger partial charge in [-0.25, -0.2) is 8.42 Å². The number of sulfonamides is 1. The van der Waals surface area contributed by atoms with E-state index in [1.807, 2.05) is 31.2 Å². The average Bonchev–Trinajstić information content (AvgIpc) is 3.28. The summed E-state index contributed by atoms with van der Waals surface area (Å²) in [4.78, 5) is 14.9. The van der Waals surface area contributed by atoms with Gasteiger partial charge in [0.2, 0.25) is 22.7 Å². The molecular formula is C20H22N2O5S. The van der Waals surface area contributed by atoms with E-state index in [4.69, 9.17) is 9.47 Å². The number of hydrogen-bond acceptors (Lipinski definition) is 5. The largest absolute Gasteiger partial charge is 0.454 e. The zero-order valence-corrected chi connectivity index (χ0v) is 16.6. The van der Waals surface area contributed by atoms with Gasteiger partial charge in [-0.1, -0.05) is 18.2 Å². The maximum atomic E-state index is 13.2. The van der Waals surface area contributed by atoms with Crippen LogP contribution in [0.25, 0.3) is 0 Å². The van der Waals surface area contributed by atoms with E-state index in [0.29, 0.717) is 17.2 Å². The van der Waals surface area contributed by atoms with Gasteiger partial charge in [-0.15, -0.1) is 0 Å². The molecule has 2 aliphatic heterocycles. The number of carbonyl (C=O) groups excluding carboxylic acids is 1. The number of rotatable bonds is 5. The van der Waals surface area contributed by atoms with Crippen molar-refractivity contribution in [2.75, 3.05) is 28.3 Å². The number of benzene rings is 2. The highest BCUT2D eigenvalue weighted by molar-refractivity contribution is 7.92.